The van der Waals surface area contributed by atoms with E-state index in [0.717, 1.165) is 5.69 Å². The van der Waals surface area contributed by atoms with Crippen molar-refractivity contribution < 1.29 is 28.4 Å². The Morgan fingerprint density at radius 2 is 2.05 bits per heavy atom. The summed E-state index contributed by atoms with van der Waals surface area (Å²) in [7, 11) is 0. The molecule has 198 valence electrons. The molecule has 2 aliphatic heterocycles. The van der Waals surface area contributed by atoms with Gasteiger partial charge in [-0.2, -0.15) is 0 Å². The first-order valence-corrected chi connectivity index (χ1v) is 11.9. The van der Waals surface area contributed by atoms with Crippen molar-refractivity contribution in [3.63, 3.8) is 0 Å². The zero-order valence-electron chi connectivity index (χ0n) is 20.6. The summed E-state index contributed by atoms with van der Waals surface area (Å²) in [4.78, 5) is 38.9. The molecule has 2 atom stereocenters. The molecule has 12 nitrogen and oxygen atoms in total. The number of nitrogens with one attached hydrogen (secondary N) is 2. The smallest absolute Gasteiger partial charge is 0.415 e. The van der Waals surface area contributed by atoms with Crippen LogP contribution in [0.15, 0.2) is 48.7 Å². The summed E-state index contributed by atoms with van der Waals surface area (Å²) in [5.41, 5.74) is 1.55. The van der Waals surface area contributed by atoms with Gasteiger partial charge in [0.2, 0.25) is 5.91 Å². The Morgan fingerprint density at radius 1 is 1.29 bits per heavy atom. The number of nitrogens with zero attached hydrogens (tertiary/aromatic N) is 4. The van der Waals surface area contributed by atoms with E-state index < -0.39 is 28.5 Å². The highest BCUT2D eigenvalue weighted by Gasteiger charge is 2.40. The molecule has 5 rings (SSSR count). The van der Waals surface area contributed by atoms with Gasteiger partial charge in [-0.1, -0.05) is 12.1 Å². The van der Waals surface area contributed by atoms with E-state index in [1.54, 1.807) is 28.8 Å². The number of hydrogen-bond donors (Lipinski definition) is 2. The van der Waals surface area contributed by atoms with E-state index in [0.29, 0.717) is 29.9 Å². The second-order valence-electron chi connectivity index (χ2n) is 9.47. The molecule has 1 aromatic heterocycles. The molecule has 2 amide bonds. The molecule has 2 unspecified atom stereocenters. The van der Waals surface area contributed by atoms with E-state index in [-0.39, 0.29) is 30.8 Å². The van der Waals surface area contributed by atoms with Gasteiger partial charge in [-0.25, -0.2) is 9.18 Å². The molecular formula is C25H25FN6O6. The summed E-state index contributed by atoms with van der Waals surface area (Å²) in [6.45, 7) is 4.48. The lowest BCUT2D eigenvalue weighted by molar-refractivity contribution is -0.389. The van der Waals surface area contributed by atoms with Gasteiger partial charge in [0.1, 0.15) is 23.7 Å². The third-order valence-corrected chi connectivity index (χ3v) is 6.34. The fraction of sp³-hybridized carbons (Fsp3) is 0.320. The minimum atomic E-state index is -0.643. The first-order chi connectivity index (χ1) is 18.1. The molecule has 2 N–H and O–H groups in total. The predicted molar refractivity (Wildman–Crippen MR) is 135 cm³/mol. The van der Waals surface area contributed by atoms with Gasteiger partial charge in [0.15, 0.2) is 0 Å². The number of carbonyl (C=O) groups excluding carboxylic acids is 2. The van der Waals surface area contributed by atoms with Crippen molar-refractivity contribution in [3.8, 4) is 17.1 Å². The van der Waals surface area contributed by atoms with Crippen LogP contribution in [0.4, 0.5) is 26.4 Å². The molecule has 1 saturated heterocycles. The number of halogens is 1. The number of aromatic nitrogens is 2. The summed E-state index contributed by atoms with van der Waals surface area (Å²) in [5.74, 6) is -0.966. The standard InChI is InChI=1S/C25H25FN6O6/c1-15(33)27-10-19-11-31(24(34)37-19)18-7-8-20(21(26)9-18)16-3-5-17(6-4-16)28-13-25(2)14-30-12-22(32(35)36)29-23(30)38-25/h3-9,12,19,28H,10-11,13-14H2,1-2H3,(H,27,33). The fourth-order valence-corrected chi connectivity index (χ4v) is 4.43. The molecule has 0 saturated carbocycles. The lowest BCUT2D eigenvalue weighted by Crippen LogP contribution is -2.39. The lowest BCUT2D eigenvalue weighted by Gasteiger charge is -2.23. The number of cyclic esters (lactones) is 1. The van der Waals surface area contributed by atoms with Crippen molar-refractivity contribution in [3.05, 3.63) is 64.6 Å². The SMILES string of the molecule is CC(=O)NCC1CN(c2ccc(-c3ccc(NCC4(C)Cn5cc([N+](=O)[O-])nc5O4)cc3)c(F)c2)C(=O)O1. The van der Waals surface area contributed by atoms with Crippen molar-refractivity contribution >= 4 is 29.2 Å². The average Bonchev–Trinajstić information content (AvgIpc) is 3.53. The molecule has 1 fully saturated rings. The minimum Gasteiger partial charge on any atom is -0.442 e. The number of anilines is 2. The van der Waals surface area contributed by atoms with Gasteiger partial charge in [0, 0.05) is 23.2 Å². The number of imidazole rings is 1. The Kier molecular flexibility index (Phi) is 6.35. The lowest BCUT2D eigenvalue weighted by atomic mass is 10.0. The highest BCUT2D eigenvalue weighted by molar-refractivity contribution is 5.90. The van der Waals surface area contributed by atoms with Crippen LogP contribution in [0.1, 0.15) is 13.8 Å². The summed E-state index contributed by atoms with van der Waals surface area (Å²) < 4.78 is 27.7. The second-order valence-corrected chi connectivity index (χ2v) is 9.47. The Morgan fingerprint density at radius 3 is 2.71 bits per heavy atom. The highest BCUT2D eigenvalue weighted by atomic mass is 19.1. The maximum atomic E-state index is 15.0. The molecule has 0 bridgehead atoms. The van der Waals surface area contributed by atoms with Crippen LogP contribution in [-0.4, -0.2) is 57.8 Å². The van der Waals surface area contributed by atoms with Crippen LogP contribution in [0.25, 0.3) is 11.1 Å². The van der Waals surface area contributed by atoms with Gasteiger partial charge < -0.3 is 30.2 Å². The Hall–Kier alpha value is -4.68. The monoisotopic (exact) mass is 524 g/mol. The van der Waals surface area contributed by atoms with Crippen LogP contribution in [0, 0.1) is 15.9 Å². The van der Waals surface area contributed by atoms with Gasteiger partial charge in [-0.3, -0.25) is 14.3 Å². The second kappa shape index (κ2) is 9.65. The van der Waals surface area contributed by atoms with E-state index in [2.05, 4.69) is 15.6 Å². The molecule has 3 aromatic rings. The molecule has 2 aliphatic rings. The number of benzene rings is 2. The molecular weight excluding hydrogens is 499 g/mol. The summed E-state index contributed by atoms with van der Waals surface area (Å²) in [6, 6.07) is 11.9. The molecule has 13 heteroatoms. The average molecular weight is 525 g/mol. The van der Waals surface area contributed by atoms with E-state index in [1.807, 2.05) is 19.1 Å². The van der Waals surface area contributed by atoms with Crippen LogP contribution in [0.5, 0.6) is 6.01 Å². The highest BCUT2D eigenvalue weighted by Crippen LogP contribution is 2.32. The van der Waals surface area contributed by atoms with E-state index in [1.165, 1.54) is 24.1 Å². The number of rotatable bonds is 8. The number of amides is 2. The minimum absolute atomic E-state index is 0.191. The third kappa shape index (κ3) is 5.08. The number of fused-ring (bicyclic) bond motifs is 1. The summed E-state index contributed by atoms with van der Waals surface area (Å²) >= 11 is 0. The number of ether oxygens (including phenoxy) is 2. The Balaban J connectivity index is 1.20. The fourth-order valence-electron chi connectivity index (χ4n) is 4.43. The summed E-state index contributed by atoms with van der Waals surface area (Å²) in [6.07, 6.45) is 0.252. The molecule has 38 heavy (non-hydrogen) atoms. The van der Waals surface area contributed by atoms with E-state index in [9.17, 15) is 19.7 Å². The van der Waals surface area contributed by atoms with Crippen LogP contribution < -0.4 is 20.3 Å². The number of nitro groups is 1. The molecule has 2 aromatic carbocycles. The zero-order chi connectivity index (χ0) is 27.0. The number of hydrogen-bond acceptors (Lipinski definition) is 8. The topological polar surface area (TPSA) is 141 Å². The molecule has 0 radical (unpaired) electrons. The maximum Gasteiger partial charge on any atom is 0.415 e. The van der Waals surface area contributed by atoms with Crippen molar-refractivity contribution in [2.45, 2.75) is 32.1 Å². The van der Waals surface area contributed by atoms with Gasteiger partial charge >= 0.3 is 17.9 Å². The van der Waals surface area contributed by atoms with Crippen LogP contribution in [-0.2, 0) is 16.1 Å². The molecule has 0 aliphatic carbocycles. The molecule has 3 heterocycles. The van der Waals surface area contributed by atoms with Gasteiger partial charge in [-0.15, -0.1) is 0 Å². The van der Waals surface area contributed by atoms with Gasteiger partial charge in [0.25, 0.3) is 0 Å². The van der Waals surface area contributed by atoms with Crippen molar-refractivity contribution in [2.24, 2.45) is 0 Å². The largest absolute Gasteiger partial charge is 0.442 e. The van der Waals surface area contributed by atoms with E-state index in [4.69, 9.17) is 9.47 Å². The zero-order valence-corrected chi connectivity index (χ0v) is 20.6. The predicted octanol–water partition coefficient (Wildman–Crippen LogP) is 3.32. The number of carbonyl (C=O) groups is 2. The van der Waals surface area contributed by atoms with Crippen LogP contribution >= 0.6 is 0 Å². The quantitative estimate of drug-likeness (QED) is 0.338. The van der Waals surface area contributed by atoms with Gasteiger partial charge in [-0.05, 0) is 47.7 Å². The van der Waals surface area contributed by atoms with Crippen molar-refractivity contribution in [1.29, 1.82) is 0 Å². The molecule has 0 spiro atoms. The summed E-state index contributed by atoms with van der Waals surface area (Å²) in [5, 5.41) is 16.8. The van der Waals surface area contributed by atoms with E-state index >= 15 is 4.39 Å². The third-order valence-electron chi connectivity index (χ3n) is 6.34. The normalized spacial score (nSPS) is 20.0. The van der Waals surface area contributed by atoms with Gasteiger partial charge in [0.05, 0.1) is 31.9 Å². The van der Waals surface area contributed by atoms with Crippen molar-refractivity contribution in [2.75, 3.05) is 29.9 Å². The maximum absolute atomic E-state index is 15.0. The Labute approximate surface area is 216 Å². The Bertz CT molecular complexity index is 1380. The van der Waals surface area contributed by atoms with Crippen LogP contribution in [0.2, 0.25) is 0 Å². The van der Waals surface area contributed by atoms with Crippen LogP contribution in [0.3, 0.4) is 0 Å². The first-order valence-electron chi connectivity index (χ1n) is 11.9. The first kappa shape index (κ1) is 25.0. The van der Waals surface area contributed by atoms with Crippen molar-refractivity contribution in [1.82, 2.24) is 14.9 Å².